The number of quaternary nitrogens is 1. The van der Waals surface area contributed by atoms with Crippen molar-refractivity contribution in [3.63, 3.8) is 0 Å². The third-order valence-corrected chi connectivity index (χ3v) is 7.81. The molecule has 0 aromatic carbocycles. The molecule has 0 spiro atoms. The minimum Gasteiger partial charge on any atom is -0.545 e. The Bertz CT molecular complexity index is 976. The van der Waals surface area contributed by atoms with Gasteiger partial charge in [0, 0.05) is 11.8 Å². The Balaban J connectivity index is 0.000000406. The fraction of sp³-hybridized carbons (Fsp3) is 0.710. The predicted octanol–water partition coefficient (Wildman–Crippen LogP) is 5.24. The molecule has 1 aliphatic heterocycles. The van der Waals surface area contributed by atoms with Crippen LogP contribution < -0.4 is 5.11 Å². The number of carboxylic acid groups (broad SMARTS) is 1. The molecular formula is C31H51N5O3. The molecule has 1 aliphatic rings. The first-order valence-electron chi connectivity index (χ1n) is 14.8. The van der Waals surface area contributed by atoms with E-state index >= 15 is 0 Å². The second kappa shape index (κ2) is 16.3. The molecule has 1 aromatic heterocycles. The van der Waals surface area contributed by atoms with Crippen LogP contribution in [0.2, 0.25) is 0 Å². The first-order chi connectivity index (χ1) is 18.5. The minimum atomic E-state index is -1.43. The lowest BCUT2D eigenvalue weighted by atomic mass is 9.89. The summed E-state index contributed by atoms with van der Waals surface area (Å²) in [4.78, 5) is 32.9. The molecule has 0 aliphatic carbocycles. The van der Waals surface area contributed by atoms with Crippen molar-refractivity contribution in [2.24, 2.45) is 10.9 Å². The fourth-order valence-corrected chi connectivity index (χ4v) is 4.82. The van der Waals surface area contributed by atoms with E-state index in [0.717, 1.165) is 4.90 Å². The normalized spacial score (nSPS) is 17.1. The third-order valence-electron chi connectivity index (χ3n) is 7.81. The molecule has 0 saturated carbocycles. The molecule has 0 fully saturated rings. The van der Waals surface area contributed by atoms with Gasteiger partial charge in [0.2, 0.25) is 0 Å². The van der Waals surface area contributed by atoms with Crippen molar-refractivity contribution in [2.45, 2.75) is 112 Å². The Hall–Kier alpha value is -2.79. The van der Waals surface area contributed by atoms with Crippen LogP contribution in [0, 0.1) is 24.3 Å². The lowest BCUT2D eigenvalue weighted by Crippen LogP contribution is -2.50. The average Bonchev–Trinajstić information content (AvgIpc) is 3.18. The summed E-state index contributed by atoms with van der Waals surface area (Å²) in [6, 6.07) is 1.38. The number of carbonyl (C=O) groups is 2. The number of nitriles is 1. The van der Waals surface area contributed by atoms with E-state index < -0.39 is 17.4 Å². The largest absolute Gasteiger partial charge is 0.545 e. The molecule has 1 amide bonds. The summed E-state index contributed by atoms with van der Waals surface area (Å²) in [5.74, 6) is -2.14. The number of aromatic carboxylic acids is 1. The number of hydrogen-bond donors (Lipinski definition) is 0. The van der Waals surface area contributed by atoms with Gasteiger partial charge < -0.3 is 14.4 Å². The van der Waals surface area contributed by atoms with Crippen LogP contribution in [0.3, 0.4) is 0 Å². The number of amidine groups is 1. The molecule has 1 unspecified atom stereocenters. The van der Waals surface area contributed by atoms with Crippen molar-refractivity contribution in [1.29, 1.82) is 5.26 Å². The lowest BCUT2D eigenvalue weighted by Gasteiger charge is -2.39. The topological polar surface area (TPSA) is 109 Å². The van der Waals surface area contributed by atoms with Crippen molar-refractivity contribution in [2.75, 3.05) is 26.2 Å². The summed E-state index contributed by atoms with van der Waals surface area (Å²) < 4.78 is 1.42. The first kappa shape index (κ1) is 34.2. The van der Waals surface area contributed by atoms with Gasteiger partial charge in [-0.15, -0.1) is 0 Å². The summed E-state index contributed by atoms with van der Waals surface area (Å²) in [7, 11) is 0. The van der Waals surface area contributed by atoms with Crippen LogP contribution in [0.25, 0.3) is 0 Å². The SMILES string of the molecule is CCCC[N+](CCCC)(CCCC)CCCC.Cc1cnc(C2=NC(C)(C(C)C)C(=O)N2C#N)c(C(=O)[O-])c1. The molecule has 2 rings (SSSR count). The van der Waals surface area contributed by atoms with Gasteiger partial charge in [-0.3, -0.25) is 9.78 Å². The minimum absolute atomic E-state index is 0.0372. The second-order valence-electron chi connectivity index (χ2n) is 11.3. The van der Waals surface area contributed by atoms with Crippen LogP contribution in [0.15, 0.2) is 17.3 Å². The highest BCUT2D eigenvalue weighted by Gasteiger charge is 2.48. The molecule has 1 atom stereocenters. The van der Waals surface area contributed by atoms with E-state index in [0.29, 0.717) is 5.56 Å². The number of aryl methyl sites for hydroxylation is 1. The summed E-state index contributed by atoms with van der Waals surface area (Å²) in [5, 5.41) is 20.6. The zero-order valence-corrected chi connectivity index (χ0v) is 25.7. The van der Waals surface area contributed by atoms with Gasteiger partial charge in [-0.05, 0) is 57.1 Å². The van der Waals surface area contributed by atoms with Crippen LogP contribution >= 0.6 is 0 Å². The average molecular weight is 542 g/mol. The van der Waals surface area contributed by atoms with Gasteiger partial charge in [0.15, 0.2) is 12.0 Å². The van der Waals surface area contributed by atoms with Gasteiger partial charge in [-0.1, -0.05) is 67.2 Å². The van der Waals surface area contributed by atoms with Crippen molar-refractivity contribution in [3.05, 3.63) is 29.1 Å². The van der Waals surface area contributed by atoms with E-state index in [-0.39, 0.29) is 23.0 Å². The van der Waals surface area contributed by atoms with Crippen molar-refractivity contribution in [3.8, 4) is 6.19 Å². The summed E-state index contributed by atoms with van der Waals surface area (Å²) >= 11 is 0. The Morgan fingerprint density at radius 2 is 1.49 bits per heavy atom. The number of pyridine rings is 1. The Labute approximate surface area is 236 Å². The molecule has 39 heavy (non-hydrogen) atoms. The number of carboxylic acids is 1. The van der Waals surface area contributed by atoms with Crippen LogP contribution in [0.4, 0.5) is 0 Å². The Morgan fingerprint density at radius 1 is 1.03 bits per heavy atom. The number of aromatic nitrogens is 1. The monoisotopic (exact) mass is 541 g/mol. The zero-order valence-electron chi connectivity index (χ0n) is 25.7. The lowest BCUT2D eigenvalue weighted by molar-refractivity contribution is -0.929. The molecule has 0 saturated heterocycles. The van der Waals surface area contributed by atoms with Crippen LogP contribution in [-0.2, 0) is 4.79 Å². The molecule has 218 valence electrons. The van der Waals surface area contributed by atoms with Crippen LogP contribution in [-0.4, -0.2) is 63.8 Å². The Morgan fingerprint density at radius 3 is 1.85 bits per heavy atom. The van der Waals surface area contributed by atoms with Crippen molar-refractivity contribution >= 4 is 17.7 Å². The number of nitrogens with zero attached hydrogens (tertiary/aromatic N) is 5. The van der Waals surface area contributed by atoms with Gasteiger partial charge in [-0.2, -0.15) is 10.2 Å². The maximum Gasteiger partial charge on any atom is 0.269 e. The number of hydrogen-bond acceptors (Lipinski definition) is 6. The fourth-order valence-electron chi connectivity index (χ4n) is 4.82. The summed E-state index contributed by atoms with van der Waals surface area (Å²) in [5.41, 5.74) is -0.728. The quantitative estimate of drug-likeness (QED) is 0.223. The van der Waals surface area contributed by atoms with Gasteiger partial charge in [0.05, 0.1) is 32.1 Å². The highest BCUT2D eigenvalue weighted by molar-refractivity contribution is 6.18. The maximum absolute atomic E-state index is 12.4. The molecular weight excluding hydrogens is 490 g/mol. The number of carbonyl (C=O) groups excluding carboxylic acids is 2. The highest BCUT2D eigenvalue weighted by atomic mass is 16.4. The van der Waals surface area contributed by atoms with Gasteiger partial charge in [-0.25, -0.2) is 4.99 Å². The first-order valence-corrected chi connectivity index (χ1v) is 14.8. The molecule has 0 N–H and O–H groups in total. The van der Waals surface area contributed by atoms with E-state index in [9.17, 15) is 20.0 Å². The molecule has 0 bridgehead atoms. The van der Waals surface area contributed by atoms with E-state index in [2.05, 4.69) is 37.7 Å². The van der Waals surface area contributed by atoms with E-state index in [1.165, 1.54) is 94.3 Å². The second-order valence-corrected chi connectivity index (χ2v) is 11.3. The zero-order chi connectivity index (χ0) is 29.6. The summed E-state index contributed by atoms with van der Waals surface area (Å²) in [6.07, 6.45) is 14.3. The molecule has 8 nitrogen and oxygen atoms in total. The predicted molar refractivity (Wildman–Crippen MR) is 155 cm³/mol. The molecule has 1 aromatic rings. The van der Waals surface area contributed by atoms with Crippen molar-refractivity contribution in [1.82, 2.24) is 9.88 Å². The summed E-state index contributed by atoms with van der Waals surface area (Å²) in [6.45, 7) is 21.9. The maximum atomic E-state index is 12.4. The van der Waals surface area contributed by atoms with E-state index in [1.807, 2.05) is 13.8 Å². The Kier molecular flexibility index (Phi) is 14.3. The third kappa shape index (κ3) is 9.13. The molecule has 0 radical (unpaired) electrons. The number of aliphatic imine (C=N–C) groups is 1. The highest BCUT2D eigenvalue weighted by Crippen LogP contribution is 2.32. The van der Waals surface area contributed by atoms with Crippen LogP contribution in [0.1, 0.15) is 121 Å². The standard InChI is InChI=1S/C16H36N.C15H16N4O3/c1-5-9-13-17(14-10-6-2,15-11-7-3)16-12-8-4;1-8(2)15(4)14(22)19(7-16)12(18-15)11-10(13(20)21)5-9(3)6-17-11/h5-16H2,1-4H3;5-6,8H,1-4H3,(H,20,21)/q+1;/p-1. The number of rotatable bonds is 15. The smallest absolute Gasteiger partial charge is 0.269 e. The number of amides is 1. The molecule has 8 heteroatoms. The van der Waals surface area contributed by atoms with E-state index in [1.54, 1.807) is 20.0 Å². The number of unbranched alkanes of at least 4 members (excludes halogenated alkanes) is 4. The van der Waals surface area contributed by atoms with E-state index in [4.69, 9.17) is 0 Å². The molecule has 2 heterocycles. The van der Waals surface area contributed by atoms with Crippen LogP contribution in [0.5, 0.6) is 0 Å². The van der Waals surface area contributed by atoms with Gasteiger partial charge in [0.1, 0.15) is 11.2 Å². The van der Waals surface area contributed by atoms with Gasteiger partial charge >= 0.3 is 0 Å². The van der Waals surface area contributed by atoms with Gasteiger partial charge in [0.25, 0.3) is 5.91 Å². The van der Waals surface area contributed by atoms with Crippen molar-refractivity contribution < 1.29 is 19.2 Å².